The lowest BCUT2D eigenvalue weighted by Gasteiger charge is -2.25. The number of aromatic nitrogens is 1. The number of carbonyl (C=O) groups is 2. The van der Waals surface area contributed by atoms with Crippen molar-refractivity contribution in [3.8, 4) is 11.5 Å². The molecule has 1 amide bonds. The Bertz CT molecular complexity index is 1550. The van der Waals surface area contributed by atoms with Crippen molar-refractivity contribution in [3.05, 3.63) is 94.6 Å². The fourth-order valence-electron chi connectivity index (χ4n) is 4.80. The van der Waals surface area contributed by atoms with Crippen molar-refractivity contribution >= 4 is 45.6 Å². The van der Waals surface area contributed by atoms with Crippen LogP contribution >= 0.6 is 11.6 Å². The highest BCUT2D eigenvalue weighted by Gasteiger charge is 2.48. The van der Waals surface area contributed by atoms with Crippen LogP contribution in [0.2, 0.25) is 5.02 Å². The number of hydrogen-bond acceptors (Lipinski definition) is 5. The summed E-state index contributed by atoms with van der Waals surface area (Å²) in [4.78, 5) is 28.5. The van der Waals surface area contributed by atoms with Crippen LogP contribution in [0.5, 0.6) is 11.5 Å². The zero-order chi connectivity index (χ0) is 26.3. The van der Waals surface area contributed by atoms with E-state index < -0.39 is 17.7 Å². The van der Waals surface area contributed by atoms with Gasteiger partial charge in [0, 0.05) is 41.0 Å². The van der Waals surface area contributed by atoms with Crippen LogP contribution < -0.4 is 14.4 Å². The van der Waals surface area contributed by atoms with Crippen molar-refractivity contribution in [3.63, 3.8) is 0 Å². The monoisotopic (exact) mass is 516 g/mol. The van der Waals surface area contributed by atoms with Gasteiger partial charge in [-0.1, -0.05) is 29.8 Å². The number of aliphatic hydroxyl groups is 1. The average molecular weight is 517 g/mol. The number of methoxy groups -OCH3 is 1. The molecule has 1 fully saturated rings. The number of rotatable bonds is 6. The number of anilines is 1. The second-order valence-electron chi connectivity index (χ2n) is 8.66. The number of fused-ring (bicyclic) bond motifs is 1. The molecule has 1 unspecified atom stereocenters. The summed E-state index contributed by atoms with van der Waals surface area (Å²) in [7, 11) is 3.46. The average Bonchev–Trinajstić information content (AvgIpc) is 3.38. The van der Waals surface area contributed by atoms with E-state index in [4.69, 9.17) is 21.1 Å². The molecular formula is C29H25ClN2O5. The Morgan fingerprint density at radius 1 is 1.05 bits per heavy atom. The lowest BCUT2D eigenvalue weighted by Crippen LogP contribution is -2.29. The van der Waals surface area contributed by atoms with Crippen molar-refractivity contribution in [1.82, 2.24) is 4.57 Å². The molecule has 3 aromatic carbocycles. The Labute approximate surface area is 219 Å². The number of ketones is 1. The Kier molecular flexibility index (Phi) is 6.39. The molecule has 2 heterocycles. The molecule has 7 nitrogen and oxygen atoms in total. The SMILES string of the molecule is CCOc1cc(/C(O)=C2\C(=O)C(=O)N(c3ccc(OC)cc3)C2c2cn(C)c3ccccc23)ccc1Cl. The molecule has 0 radical (unpaired) electrons. The number of hydrogen-bond donors (Lipinski definition) is 1. The van der Waals surface area contributed by atoms with Crippen molar-refractivity contribution in [1.29, 1.82) is 0 Å². The first-order valence-corrected chi connectivity index (χ1v) is 12.1. The molecular weight excluding hydrogens is 492 g/mol. The van der Waals surface area contributed by atoms with Gasteiger partial charge in [-0.25, -0.2) is 0 Å². The molecule has 0 aliphatic carbocycles. The molecule has 5 rings (SSSR count). The number of Topliss-reactive ketones (excluding diaryl/α,β-unsaturated/α-hetero) is 1. The predicted molar refractivity (Wildman–Crippen MR) is 143 cm³/mol. The molecule has 37 heavy (non-hydrogen) atoms. The summed E-state index contributed by atoms with van der Waals surface area (Å²) in [6.45, 7) is 2.20. The first-order valence-electron chi connectivity index (χ1n) is 11.8. The topological polar surface area (TPSA) is 81.0 Å². The van der Waals surface area contributed by atoms with E-state index in [9.17, 15) is 14.7 Å². The number of amides is 1. The zero-order valence-electron chi connectivity index (χ0n) is 20.6. The van der Waals surface area contributed by atoms with Crippen LogP contribution in [0.25, 0.3) is 16.7 Å². The maximum absolute atomic E-state index is 13.5. The van der Waals surface area contributed by atoms with Crippen LogP contribution in [0.1, 0.15) is 24.1 Å². The van der Waals surface area contributed by atoms with Gasteiger partial charge in [-0.05, 0) is 55.5 Å². The number of halogens is 1. The van der Waals surface area contributed by atoms with Crippen LogP contribution in [0.4, 0.5) is 5.69 Å². The Balaban J connectivity index is 1.76. The van der Waals surface area contributed by atoms with Crippen molar-refractivity contribution in [2.45, 2.75) is 13.0 Å². The Morgan fingerprint density at radius 2 is 1.78 bits per heavy atom. The zero-order valence-corrected chi connectivity index (χ0v) is 21.3. The summed E-state index contributed by atoms with van der Waals surface area (Å²) < 4.78 is 12.8. The number of carbonyl (C=O) groups excluding carboxylic acids is 2. The van der Waals surface area contributed by atoms with Crippen LogP contribution in [-0.4, -0.2) is 35.1 Å². The number of aryl methyl sites for hydroxylation is 1. The maximum atomic E-state index is 13.5. The van der Waals surface area contributed by atoms with Gasteiger partial charge in [0.25, 0.3) is 11.7 Å². The largest absolute Gasteiger partial charge is 0.507 e. The van der Waals surface area contributed by atoms with Gasteiger partial charge in [0.05, 0.1) is 30.4 Å². The summed E-state index contributed by atoms with van der Waals surface area (Å²) in [6.07, 6.45) is 1.89. The molecule has 1 aliphatic heterocycles. The third-order valence-corrected chi connectivity index (χ3v) is 6.83. The van der Waals surface area contributed by atoms with Crippen LogP contribution in [0, 0.1) is 0 Å². The molecule has 0 bridgehead atoms. The van der Waals surface area contributed by atoms with E-state index in [0.717, 1.165) is 10.9 Å². The van der Waals surface area contributed by atoms with Gasteiger partial charge < -0.3 is 19.1 Å². The van der Waals surface area contributed by atoms with Gasteiger partial charge in [0.15, 0.2) is 0 Å². The quantitative estimate of drug-likeness (QED) is 0.197. The highest BCUT2D eigenvalue weighted by atomic mass is 35.5. The highest BCUT2D eigenvalue weighted by Crippen LogP contribution is 2.45. The smallest absolute Gasteiger partial charge is 0.300 e. The lowest BCUT2D eigenvalue weighted by atomic mass is 9.94. The fraction of sp³-hybridized carbons (Fsp3) is 0.172. The molecule has 0 saturated carbocycles. The van der Waals surface area contributed by atoms with Gasteiger partial charge in [0.2, 0.25) is 0 Å². The number of para-hydroxylation sites is 1. The molecule has 188 valence electrons. The van der Waals surface area contributed by atoms with Crippen molar-refractivity contribution in [2.75, 3.05) is 18.6 Å². The number of ether oxygens (including phenoxy) is 2. The molecule has 4 aromatic rings. The summed E-state index contributed by atoms with van der Waals surface area (Å²) >= 11 is 6.25. The lowest BCUT2D eigenvalue weighted by molar-refractivity contribution is -0.132. The minimum absolute atomic E-state index is 0.0121. The second kappa shape index (κ2) is 9.67. The second-order valence-corrected chi connectivity index (χ2v) is 9.07. The molecule has 1 atom stereocenters. The summed E-state index contributed by atoms with van der Waals surface area (Å²) in [5.74, 6) is -0.821. The third-order valence-electron chi connectivity index (χ3n) is 6.52. The first-order chi connectivity index (χ1) is 17.8. The molecule has 8 heteroatoms. The minimum atomic E-state index is -0.870. The number of aliphatic hydroxyl groups excluding tert-OH is 1. The maximum Gasteiger partial charge on any atom is 0.300 e. The van der Waals surface area contributed by atoms with Crippen LogP contribution in [0.15, 0.2) is 78.5 Å². The van der Waals surface area contributed by atoms with Crippen LogP contribution in [-0.2, 0) is 16.6 Å². The van der Waals surface area contributed by atoms with E-state index in [1.165, 1.54) is 4.90 Å². The van der Waals surface area contributed by atoms with E-state index in [1.54, 1.807) is 49.6 Å². The third kappa shape index (κ3) is 4.11. The van der Waals surface area contributed by atoms with Gasteiger partial charge in [-0.3, -0.25) is 14.5 Å². The number of benzene rings is 3. The van der Waals surface area contributed by atoms with Gasteiger partial charge in [-0.2, -0.15) is 0 Å². The van der Waals surface area contributed by atoms with Crippen molar-refractivity contribution in [2.24, 2.45) is 7.05 Å². The normalized spacial score (nSPS) is 17.0. The van der Waals surface area contributed by atoms with E-state index in [1.807, 2.05) is 49.0 Å². The van der Waals surface area contributed by atoms with Gasteiger partial charge in [0.1, 0.15) is 17.3 Å². The van der Waals surface area contributed by atoms with Crippen LogP contribution in [0.3, 0.4) is 0 Å². The highest BCUT2D eigenvalue weighted by molar-refractivity contribution is 6.52. The molecule has 1 aliphatic rings. The van der Waals surface area contributed by atoms with Gasteiger partial charge in [-0.15, -0.1) is 0 Å². The van der Waals surface area contributed by atoms with E-state index >= 15 is 0 Å². The Morgan fingerprint density at radius 3 is 2.49 bits per heavy atom. The summed E-state index contributed by atoms with van der Waals surface area (Å²) in [5, 5.41) is 12.7. The van der Waals surface area contributed by atoms with E-state index in [0.29, 0.717) is 39.9 Å². The summed E-state index contributed by atoms with van der Waals surface area (Å²) in [5.41, 5.74) is 2.47. The Hall–Kier alpha value is -4.23. The molecule has 1 saturated heterocycles. The molecule has 1 aromatic heterocycles. The number of nitrogens with zero attached hydrogens (tertiary/aromatic N) is 2. The van der Waals surface area contributed by atoms with E-state index in [-0.39, 0.29) is 11.3 Å². The molecule has 0 spiro atoms. The fourth-order valence-corrected chi connectivity index (χ4v) is 4.97. The predicted octanol–water partition coefficient (Wildman–Crippen LogP) is 5.87. The minimum Gasteiger partial charge on any atom is -0.507 e. The standard InChI is InChI=1S/C29H25ClN2O5/c1-4-37-24-15-17(9-14-22(24)30)27(33)25-26(21-16-31(2)23-8-6-5-7-20(21)23)32(29(35)28(25)34)18-10-12-19(36-3)13-11-18/h5-16,26,33H,4H2,1-3H3/b27-25+. The van der Waals surface area contributed by atoms with Gasteiger partial charge >= 0.3 is 0 Å². The van der Waals surface area contributed by atoms with Crippen molar-refractivity contribution < 1.29 is 24.2 Å². The van der Waals surface area contributed by atoms with E-state index in [2.05, 4.69) is 0 Å². The summed E-state index contributed by atoms with van der Waals surface area (Å²) in [6, 6.07) is 18.5. The first kappa shape index (κ1) is 24.5. The molecule has 1 N–H and O–H groups in total.